The zero-order chi connectivity index (χ0) is 15.0. The molecule has 0 radical (unpaired) electrons. The van der Waals surface area contributed by atoms with Gasteiger partial charge in [-0.15, -0.1) is 0 Å². The van der Waals surface area contributed by atoms with E-state index in [2.05, 4.69) is 0 Å². The van der Waals surface area contributed by atoms with Gasteiger partial charge >= 0.3 is 0 Å². The number of hydrogen-bond donors (Lipinski definition) is 0. The van der Waals surface area contributed by atoms with Crippen LogP contribution in [0.4, 0.5) is 5.69 Å². The Bertz CT molecular complexity index is 753. The molecule has 21 heavy (non-hydrogen) atoms. The van der Waals surface area contributed by atoms with Crippen LogP contribution in [-0.2, 0) is 4.79 Å². The molecule has 1 fully saturated rings. The number of amides is 1. The first kappa shape index (κ1) is 14.4. The molecule has 0 unspecified atom stereocenters. The number of anilines is 1. The van der Waals surface area contributed by atoms with Gasteiger partial charge in [0.15, 0.2) is 4.32 Å². The summed E-state index contributed by atoms with van der Waals surface area (Å²) in [5.74, 6) is 0.457. The van der Waals surface area contributed by atoms with Crippen molar-refractivity contribution in [3.8, 4) is 0 Å². The molecule has 0 spiro atoms. The summed E-state index contributed by atoms with van der Waals surface area (Å²) in [7, 11) is 0. The van der Waals surface area contributed by atoms with E-state index in [9.17, 15) is 4.79 Å². The van der Waals surface area contributed by atoms with Crippen molar-refractivity contribution in [2.45, 2.75) is 6.92 Å². The van der Waals surface area contributed by atoms with Gasteiger partial charge < -0.3 is 4.42 Å². The Morgan fingerprint density at radius 2 is 2.19 bits per heavy atom. The highest BCUT2D eigenvalue weighted by molar-refractivity contribution is 8.27. The molecule has 1 aliphatic heterocycles. The van der Waals surface area contributed by atoms with Crippen LogP contribution in [0.15, 0.2) is 45.9 Å². The van der Waals surface area contributed by atoms with Gasteiger partial charge in [0.05, 0.1) is 16.9 Å². The maximum Gasteiger partial charge on any atom is 0.270 e. The molecule has 1 amide bonds. The number of thiocarbonyl (C=S) groups is 1. The van der Waals surface area contributed by atoms with Gasteiger partial charge in [-0.05, 0) is 36.8 Å². The van der Waals surface area contributed by atoms with Crippen molar-refractivity contribution in [2.75, 3.05) is 4.90 Å². The van der Waals surface area contributed by atoms with Crippen molar-refractivity contribution < 1.29 is 9.21 Å². The number of hydrogen-bond acceptors (Lipinski definition) is 4. The lowest BCUT2D eigenvalue weighted by molar-refractivity contribution is -0.113. The quantitative estimate of drug-likeness (QED) is 0.591. The van der Waals surface area contributed by atoms with Crippen LogP contribution in [0.5, 0.6) is 0 Å². The van der Waals surface area contributed by atoms with E-state index in [0.29, 0.717) is 25.7 Å². The Kier molecular flexibility index (Phi) is 3.89. The van der Waals surface area contributed by atoms with Crippen molar-refractivity contribution >= 4 is 57.6 Å². The van der Waals surface area contributed by atoms with Gasteiger partial charge in [0.2, 0.25) is 0 Å². The van der Waals surface area contributed by atoms with Crippen molar-refractivity contribution in [3.63, 3.8) is 0 Å². The Labute approximate surface area is 136 Å². The van der Waals surface area contributed by atoms with Gasteiger partial charge in [0.1, 0.15) is 5.76 Å². The molecule has 3 rings (SSSR count). The molecule has 0 saturated carbocycles. The summed E-state index contributed by atoms with van der Waals surface area (Å²) in [6.45, 7) is 1.91. The third-order valence-corrected chi connectivity index (χ3v) is 4.73. The van der Waals surface area contributed by atoms with E-state index in [1.54, 1.807) is 30.5 Å². The smallest absolute Gasteiger partial charge is 0.270 e. The fraction of sp³-hybridized carbons (Fsp3) is 0.0667. The summed E-state index contributed by atoms with van der Waals surface area (Å²) in [4.78, 5) is 14.5. The fourth-order valence-corrected chi connectivity index (χ4v) is 3.37. The maximum absolute atomic E-state index is 12.5. The van der Waals surface area contributed by atoms with Gasteiger partial charge in [0, 0.05) is 11.1 Å². The van der Waals surface area contributed by atoms with Crippen molar-refractivity contribution in [1.82, 2.24) is 0 Å². The van der Waals surface area contributed by atoms with Crippen molar-refractivity contribution in [1.29, 1.82) is 0 Å². The van der Waals surface area contributed by atoms with E-state index in [0.717, 1.165) is 5.56 Å². The molecule has 106 valence electrons. The largest absolute Gasteiger partial charge is 0.465 e. The average Bonchev–Trinajstić information content (AvgIpc) is 3.03. The van der Waals surface area contributed by atoms with Crippen LogP contribution in [0.3, 0.4) is 0 Å². The SMILES string of the molecule is Cc1ccc(N2C(=O)/C(=C/c3ccco3)SC2=S)cc1Cl. The number of carbonyl (C=O) groups is 1. The Hall–Kier alpha value is -1.56. The zero-order valence-corrected chi connectivity index (χ0v) is 13.4. The lowest BCUT2D eigenvalue weighted by Crippen LogP contribution is -2.27. The van der Waals surface area contributed by atoms with E-state index >= 15 is 0 Å². The molecule has 1 aliphatic rings. The zero-order valence-electron chi connectivity index (χ0n) is 11.0. The van der Waals surface area contributed by atoms with Gasteiger partial charge in [-0.2, -0.15) is 0 Å². The normalized spacial score (nSPS) is 17.0. The molecule has 1 aromatic carbocycles. The second-order valence-corrected chi connectivity index (χ2v) is 6.55. The topological polar surface area (TPSA) is 33.5 Å². The van der Waals surface area contributed by atoms with Crippen LogP contribution >= 0.6 is 35.6 Å². The Balaban J connectivity index is 1.95. The van der Waals surface area contributed by atoms with E-state index in [1.165, 1.54) is 16.7 Å². The number of carbonyl (C=O) groups excluding carboxylic acids is 1. The molecule has 0 N–H and O–H groups in total. The van der Waals surface area contributed by atoms with Crippen LogP contribution in [-0.4, -0.2) is 10.2 Å². The molecule has 0 atom stereocenters. The second-order valence-electron chi connectivity index (χ2n) is 4.47. The summed E-state index contributed by atoms with van der Waals surface area (Å²) >= 11 is 12.7. The number of rotatable bonds is 2. The molecule has 3 nitrogen and oxygen atoms in total. The van der Waals surface area contributed by atoms with E-state index < -0.39 is 0 Å². The minimum Gasteiger partial charge on any atom is -0.465 e. The van der Waals surface area contributed by atoms with Crippen LogP contribution in [0.1, 0.15) is 11.3 Å². The molecular weight excluding hydrogens is 326 g/mol. The van der Waals surface area contributed by atoms with Crippen molar-refractivity contribution in [3.05, 3.63) is 57.8 Å². The fourth-order valence-electron chi connectivity index (χ4n) is 1.91. The Morgan fingerprint density at radius 3 is 2.86 bits per heavy atom. The molecule has 2 heterocycles. The predicted octanol–water partition coefficient (Wildman–Crippen LogP) is 4.65. The lowest BCUT2D eigenvalue weighted by atomic mass is 10.2. The average molecular weight is 336 g/mol. The first-order valence-corrected chi connectivity index (χ1v) is 7.74. The second kappa shape index (κ2) is 5.67. The number of halogens is 1. The minimum absolute atomic E-state index is 0.165. The molecule has 1 aromatic heterocycles. The van der Waals surface area contributed by atoms with Gasteiger partial charge in [0.25, 0.3) is 5.91 Å². The summed E-state index contributed by atoms with van der Waals surface area (Å²) in [5, 5.41) is 0.608. The number of nitrogens with zero attached hydrogens (tertiary/aromatic N) is 1. The number of furan rings is 1. The summed E-state index contributed by atoms with van der Waals surface area (Å²) in [5.41, 5.74) is 1.63. The van der Waals surface area contributed by atoms with Gasteiger partial charge in [-0.25, -0.2) is 0 Å². The van der Waals surface area contributed by atoms with Crippen LogP contribution < -0.4 is 4.90 Å². The van der Waals surface area contributed by atoms with E-state index in [1.807, 2.05) is 19.1 Å². The van der Waals surface area contributed by atoms with Gasteiger partial charge in [-0.3, -0.25) is 9.69 Å². The highest BCUT2D eigenvalue weighted by Gasteiger charge is 2.33. The monoisotopic (exact) mass is 335 g/mol. The molecule has 0 bridgehead atoms. The molecule has 6 heteroatoms. The third kappa shape index (κ3) is 2.77. The highest BCUT2D eigenvalue weighted by atomic mass is 35.5. The predicted molar refractivity (Wildman–Crippen MR) is 90.5 cm³/mol. The molecular formula is C15H10ClNO2S2. The van der Waals surface area contributed by atoms with E-state index in [-0.39, 0.29) is 5.91 Å². The van der Waals surface area contributed by atoms with Gasteiger partial charge in [-0.1, -0.05) is 41.6 Å². The minimum atomic E-state index is -0.165. The lowest BCUT2D eigenvalue weighted by Gasteiger charge is -2.15. The molecule has 1 saturated heterocycles. The first-order chi connectivity index (χ1) is 10.1. The highest BCUT2D eigenvalue weighted by Crippen LogP contribution is 2.37. The van der Waals surface area contributed by atoms with Crippen LogP contribution in [0.25, 0.3) is 6.08 Å². The summed E-state index contributed by atoms with van der Waals surface area (Å²) < 4.78 is 5.71. The number of thioether (sulfide) groups is 1. The standard InChI is InChI=1S/C15H10ClNO2S2/c1-9-4-5-10(7-12(9)16)17-14(18)13(21-15(17)20)8-11-3-2-6-19-11/h2-8H,1H3/b13-8-. The molecule has 0 aliphatic carbocycles. The third-order valence-electron chi connectivity index (χ3n) is 3.02. The number of aryl methyl sites for hydroxylation is 1. The molecule has 2 aromatic rings. The number of benzene rings is 1. The maximum atomic E-state index is 12.5. The van der Waals surface area contributed by atoms with Crippen LogP contribution in [0.2, 0.25) is 5.02 Å². The van der Waals surface area contributed by atoms with Crippen LogP contribution in [0, 0.1) is 6.92 Å². The Morgan fingerprint density at radius 1 is 1.38 bits per heavy atom. The summed E-state index contributed by atoms with van der Waals surface area (Å²) in [6, 6.07) is 9.01. The van der Waals surface area contributed by atoms with E-state index in [4.69, 9.17) is 28.2 Å². The summed E-state index contributed by atoms with van der Waals surface area (Å²) in [6.07, 6.45) is 3.25. The van der Waals surface area contributed by atoms with Crippen molar-refractivity contribution in [2.24, 2.45) is 0 Å². The first-order valence-electron chi connectivity index (χ1n) is 6.14.